The minimum Gasteiger partial charge on any atom is -0.426 e. The largest absolute Gasteiger partial charge is 0.426 e. The van der Waals surface area contributed by atoms with Crippen LogP contribution in [0.2, 0.25) is 0 Å². The van der Waals surface area contributed by atoms with Crippen molar-refractivity contribution in [2.45, 2.75) is 18.8 Å². The monoisotopic (exact) mass is 566 g/mol. The number of carbonyl (C=O) groups excluding carboxylic acids is 2. The van der Waals surface area contributed by atoms with Crippen LogP contribution in [0.5, 0.6) is 5.75 Å². The molecule has 1 atom stereocenters. The second kappa shape index (κ2) is 13.2. The summed E-state index contributed by atoms with van der Waals surface area (Å²) in [5, 5.41) is 3.06. The van der Waals surface area contributed by atoms with E-state index < -0.39 is 0 Å². The van der Waals surface area contributed by atoms with Crippen molar-refractivity contribution in [2.75, 3.05) is 23.3 Å². The Morgan fingerprint density at radius 2 is 1.26 bits per heavy atom. The van der Waals surface area contributed by atoms with Crippen LogP contribution in [-0.4, -0.2) is 25.0 Å². The molecule has 0 radical (unpaired) electrons. The van der Waals surface area contributed by atoms with Crippen LogP contribution in [-0.2, 0) is 4.79 Å². The molecule has 0 aromatic heterocycles. The maximum Gasteiger partial charge on any atom is 0.319 e. The molecule has 0 aliphatic carbocycles. The van der Waals surface area contributed by atoms with Crippen LogP contribution in [0.15, 0.2) is 140 Å². The molecule has 5 heteroatoms. The Hall–Kier alpha value is -5.16. The Labute approximate surface area is 252 Å². The molecule has 6 rings (SSSR count). The van der Waals surface area contributed by atoms with Gasteiger partial charge in [-0.3, -0.25) is 9.59 Å². The van der Waals surface area contributed by atoms with E-state index in [4.69, 9.17) is 4.74 Å². The summed E-state index contributed by atoms with van der Waals surface area (Å²) >= 11 is 0. The van der Waals surface area contributed by atoms with E-state index in [2.05, 4.69) is 22.3 Å². The van der Waals surface area contributed by atoms with E-state index in [1.807, 2.05) is 127 Å². The van der Waals surface area contributed by atoms with Gasteiger partial charge in [-0.25, -0.2) is 0 Å². The minimum absolute atomic E-state index is 0.137. The van der Waals surface area contributed by atoms with Gasteiger partial charge in [-0.05, 0) is 77.9 Å². The number of ether oxygens (including phenoxy) is 1. The molecule has 1 unspecified atom stereocenters. The zero-order valence-electron chi connectivity index (χ0n) is 23.9. The molecule has 5 aromatic carbocycles. The van der Waals surface area contributed by atoms with Crippen LogP contribution >= 0.6 is 0 Å². The van der Waals surface area contributed by atoms with Crippen molar-refractivity contribution in [1.82, 2.24) is 0 Å². The molecule has 5 nitrogen and oxygen atoms in total. The molecule has 1 heterocycles. The summed E-state index contributed by atoms with van der Waals surface area (Å²) in [5.41, 5.74) is 5.40. The summed E-state index contributed by atoms with van der Waals surface area (Å²) in [4.78, 5) is 29.0. The first-order valence-electron chi connectivity index (χ1n) is 14.8. The SMILES string of the molecule is O=C(Nc1ccc(N2CCC(C(C(=O)Oc3ccccc3)c3ccccc3)CC2)cc1)c1ccccc1-c1ccccc1. The van der Waals surface area contributed by atoms with Crippen molar-refractivity contribution in [1.29, 1.82) is 0 Å². The summed E-state index contributed by atoms with van der Waals surface area (Å²) in [6.07, 6.45) is 1.75. The summed E-state index contributed by atoms with van der Waals surface area (Å²) in [6.45, 7) is 1.67. The number of benzene rings is 5. The molecule has 0 bridgehead atoms. The van der Waals surface area contributed by atoms with Gasteiger partial charge >= 0.3 is 5.97 Å². The van der Waals surface area contributed by atoms with Crippen molar-refractivity contribution >= 4 is 23.3 Å². The molecule has 1 N–H and O–H groups in total. The third-order valence-electron chi connectivity index (χ3n) is 8.13. The van der Waals surface area contributed by atoms with Gasteiger partial charge in [0.05, 0.1) is 5.92 Å². The van der Waals surface area contributed by atoms with Gasteiger partial charge in [0.1, 0.15) is 5.75 Å². The highest BCUT2D eigenvalue weighted by atomic mass is 16.5. The van der Waals surface area contributed by atoms with Crippen LogP contribution < -0.4 is 15.0 Å². The number of rotatable bonds is 8. The standard InChI is InChI=1S/C38H34N2O3/c41-37(35-19-11-10-18-34(35)28-12-4-1-5-13-28)39-31-20-22-32(23-21-31)40-26-24-30(25-27-40)36(29-14-6-2-7-15-29)38(42)43-33-16-8-3-9-17-33/h1-23,30,36H,24-27H2,(H,39,41). The lowest BCUT2D eigenvalue weighted by molar-refractivity contribution is -0.137. The highest BCUT2D eigenvalue weighted by molar-refractivity contribution is 6.08. The van der Waals surface area contributed by atoms with Gasteiger partial charge in [0, 0.05) is 30.0 Å². The maximum atomic E-state index is 13.4. The number of piperidine rings is 1. The highest BCUT2D eigenvalue weighted by Crippen LogP contribution is 2.36. The average molecular weight is 567 g/mol. The Kier molecular flexibility index (Phi) is 8.60. The number of anilines is 2. The predicted molar refractivity (Wildman–Crippen MR) is 172 cm³/mol. The van der Waals surface area contributed by atoms with E-state index in [9.17, 15) is 9.59 Å². The van der Waals surface area contributed by atoms with Gasteiger partial charge in [-0.2, -0.15) is 0 Å². The van der Waals surface area contributed by atoms with E-state index >= 15 is 0 Å². The van der Waals surface area contributed by atoms with Crippen molar-refractivity contribution in [3.05, 3.63) is 151 Å². The normalized spacial score (nSPS) is 14.1. The molecule has 1 aliphatic heterocycles. The van der Waals surface area contributed by atoms with Gasteiger partial charge in [-0.1, -0.05) is 97.1 Å². The Morgan fingerprint density at radius 3 is 1.93 bits per heavy atom. The number of nitrogens with one attached hydrogen (secondary N) is 1. The van der Waals surface area contributed by atoms with Crippen LogP contribution in [0.4, 0.5) is 11.4 Å². The van der Waals surface area contributed by atoms with E-state index in [0.29, 0.717) is 11.3 Å². The average Bonchev–Trinajstić information content (AvgIpc) is 3.07. The zero-order valence-corrected chi connectivity index (χ0v) is 23.9. The molecule has 5 aromatic rings. The molecule has 1 saturated heterocycles. The van der Waals surface area contributed by atoms with E-state index in [-0.39, 0.29) is 23.7 Å². The van der Waals surface area contributed by atoms with Crippen molar-refractivity contribution in [2.24, 2.45) is 5.92 Å². The second-order valence-corrected chi connectivity index (χ2v) is 10.9. The van der Waals surface area contributed by atoms with Crippen LogP contribution in [0.3, 0.4) is 0 Å². The lowest BCUT2D eigenvalue weighted by Crippen LogP contribution is -2.38. The summed E-state index contributed by atoms with van der Waals surface area (Å²) in [5.74, 6) is 0.0896. The lowest BCUT2D eigenvalue weighted by atomic mass is 9.80. The topological polar surface area (TPSA) is 58.6 Å². The van der Waals surface area contributed by atoms with Gasteiger partial charge in [0.15, 0.2) is 0 Å². The van der Waals surface area contributed by atoms with Crippen molar-refractivity contribution < 1.29 is 14.3 Å². The zero-order chi connectivity index (χ0) is 29.4. The van der Waals surface area contributed by atoms with Gasteiger partial charge < -0.3 is 15.0 Å². The molecular formula is C38H34N2O3. The number of carbonyl (C=O) groups is 2. The van der Waals surface area contributed by atoms with E-state index in [1.54, 1.807) is 0 Å². The fraction of sp³-hybridized carbons (Fsp3) is 0.158. The maximum absolute atomic E-state index is 13.4. The number of hydrogen-bond acceptors (Lipinski definition) is 4. The molecule has 1 fully saturated rings. The third-order valence-corrected chi connectivity index (χ3v) is 8.13. The van der Waals surface area contributed by atoms with Crippen LogP contribution in [0, 0.1) is 5.92 Å². The lowest BCUT2D eigenvalue weighted by Gasteiger charge is -2.36. The number of hydrogen-bond donors (Lipinski definition) is 1. The van der Waals surface area contributed by atoms with Gasteiger partial charge in [-0.15, -0.1) is 0 Å². The minimum atomic E-state index is -0.320. The highest BCUT2D eigenvalue weighted by Gasteiger charge is 2.34. The third kappa shape index (κ3) is 6.68. The number of para-hydroxylation sites is 1. The Morgan fingerprint density at radius 1 is 0.674 bits per heavy atom. The number of amides is 1. The summed E-state index contributed by atoms with van der Waals surface area (Å²) in [6, 6.07) is 44.9. The van der Waals surface area contributed by atoms with E-state index in [1.165, 1.54) is 0 Å². The molecule has 0 saturated carbocycles. The quantitative estimate of drug-likeness (QED) is 0.152. The first kappa shape index (κ1) is 28.0. The van der Waals surface area contributed by atoms with Crippen LogP contribution in [0.25, 0.3) is 11.1 Å². The first-order valence-corrected chi connectivity index (χ1v) is 14.8. The predicted octanol–water partition coefficient (Wildman–Crippen LogP) is 8.21. The number of esters is 1. The summed E-state index contributed by atoms with van der Waals surface area (Å²) < 4.78 is 5.82. The fourth-order valence-corrected chi connectivity index (χ4v) is 5.92. The smallest absolute Gasteiger partial charge is 0.319 e. The molecule has 43 heavy (non-hydrogen) atoms. The first-order chi connectivity index (χ1) is 21.2. The Bertz CT molecular complexity index is 1650. The molecular weight excluding hydrogens is 532 g/mol. The molecule has 1 amide bonds. The number of nitrogens with zero attached hydrogens (tertiary/aromatic N) is 1. The molecule has 1 aliphatic rings. The van der Waals surface area contributed by atoms with Crippen LogP contribution in [0.1, 0.15) is 34.7 Å². The van der Waals surface area contributed by atoms with Crippen molar-refractivity contribution in [3.63, 3.8) is 0 Å². The second-order valence-electron chi connectivity index (χ2n) is 10.9. The fourth-order valence-electron chi connectivity index (χ4n) is 5.92. The van der Waals surface area contributed by atoms with Crippen molar-refractivity contribution in [3.8, 4) is 16.9 Å². The van der Waals surface area contributed by atoms with Gasteiger partial charge in [0.25, 0.3) is 5.91 Å². The summed E-state index contributed by atoms with van der Waals surface area (Å²) in [7, 11) is 0. The molecule has 214 valence electrons. The Balaban J connectivity index is 1.10. The van der Waals surface area contributed by atoms with Gasteiger partial charge in [0.2, 0.25) is 0 Å². The van der Waals surface area contributed by atoms with E-state index in [0.717, 1.165) is 54.0 Å². The molecule has 0 spiro atoms.